The number of methoxy groups -OCH3 is 1. The first-order chi connectivity index (χ1) is 8.20. The highest BCUT2D eigenvalue weighted by molar-refractivity contribution is 5.92. The van der Waals surface area contributed by atoms with Crippen LogP contribution in [-0.2, 0) is 0 Å². The van der Waals surface area contributed by atoms with Crippen LogP contribution in [0.1, 0.15) is 17.4 Å². The number of aromatic nitrogens is 3. The molecule has 0 aromatic carbocycles. The molecule has 0 aliphatic heterocycles. The van der Waals surface area contributed by atoms with Gasteiger partial charge in [0.2, 0.25) is 5.88 Å². The van der Waals surface area contributed by atoms with Gasteiger partial charge in [0, 0.05) is 24.8 Å². The summed E-state index contributed by atoms with van der Waals surface area (Å²) in [6.45, 7) is 1.48. The summed E-state index contributed by atoms with van der Waals surface area (Å²) in [6, 6.07) is 5.18. The number of hydrogen-bond acceptors (Lipinski definition) is 5. The molecule has 0 aliphatic carbocycles. The molecule has 2 heterocycles. The van der Waals surface area contributed by atoms with E-state index in [2.05, 4.69) is 15.0 Å². The maximum Gasteiger partial charge on any atom is 0.216 e. The predicted molar refractivity (Wildman–Crippen MR) is 61.8 cm³/mol. The van der Waals surface area contributed by atoms with Gasteiger partial charge >= 0.3 is 0 Å². The summed E-state index contributed by atoms with van der Waals surface area (Å²) in [4.78, 5) is 23.2. The Labute approximate surface area is 98.5 Å². The summed E-state index contributed by atoms with van der Waals surface area (Å²) >= 11 is 0. The fourth-order valence-electron chi connectivity index (χ4n) is 1.36. The molecule has 2 rings (SSSR count). The topological polar surface area (TPSA) is 65.0 Å². The highest BCUT2D eigenvalue weighted by atomic mass is 16.5. The summed E-state index contributed by atoms with van der Waals surface area (Å²) in [5, 5.41) is 0. The summed E-state index contributed by atoms with van der Waals surface area (Å²) in [6.07, 6.45) is 3.03. The van der Waals surface area contributed by atoms with Crippen molar-refractivity contribution in [2.45, 2.75) is 6.92 Å². The van der Waals surface area contributed by atoms with Crippen LogP contribution >= 0.6 is 0 Å². The lowest BCUT2D eigenvalue weighted by Gasteiger charge is -2.02. The summed E-state index contributed by atoms with van der Waals surface area (Å²) < 4.78 is 5.01. The molecule has 0 fully saturated rings. The van der Waals surface area contributed by atoms with Crippen molar-refractivity contribution < 1.29 is 9.53 Å². The van der Waals surface area contributed by atoms with Gasteiger partial charge in [0.1, 0.15) is 12.0 Å². The van der Waals surface area contributed by atoms with Crippen molar-refractivity contribution in [1.82, 2.24) is 15.0 Å². The van der Waals surface area contributed by atoms with Gasteiger partial charge < -0.3 is 4.74 Å². The second-order valence-corrected chi connectivity index (χ2v) is 3.43. The Balaban J connectivity index is 2.36. The monoisotopic (exact) mass is 229 g/mol. The van der Waals surface area contributed by atoms with E-state index in [1.165, 1.54) is 13.3 Å². The second kappa shape index (κ2) is 4.69. The van der Waals surface area contributed by atoms with Crippen molar-refractivity contribution in [2.24, 2.45) is 0 Å². The fourth-order valence-corrected chi connectivity index (χ4v) is 1.36. The number of nitrogens with zero attached hydrogens (tertiary/aromatic N) is 3. The highest BCUT2D eigenvalue weighted by Crippen LogP contribution is 2.18. The average molecular weight is 229 g/mol. The Morgan fingerprint density at radius 1 is 1.24 bits per heavy atom. The van der Waals surface area contributed by atoms with Crippen LogP contribution < -0.4 is 4.74 Å². The molecule has 0 N–H and O–H groups in total. The molecular weight excluding hydrogens is 218 g/mol. The maximum atomic E-state index is 11.1. The number of hydrogen-bond donors (Lipinski definition) is 0. The average Bonchev–Trinajstić information content (AvgIpc) is 2.39. The van der Waals surface area contributed by atoms with Crippen LogP contribution in [0.4, 0.5) is 0 Å². The zero-order valence-corrected chi connectivity index (χ0v) is 9.54. The molecule has 0 amide bonds. The minimum Gasteiger partial charge on any atom is -0.481 e. The first-order valence-electron chi connectivity index (χ1n) is 5.04. The molecule has 0 saturated carbocycles. The number of rotatable bonds is 3. The van der Waals surface area contributed by atoms with Crippen LogP contribution in [0.3, 0.4) is 0 Å². The Bertz CT molecular complexity index is 538. The molecule has 0 atom stereocenters. The van der Waals surface area contributed by atoms with Crippen LogP contribution in [0.15, 0.2) is 30.7 Å². The van der Waals surface area contributed by atoms with E-state index in [0.29, 0.717) is 17.3 Å². The first-order valence-corrected chi connectivity index (χ1v) is 5.04. The number of ketones is 1. The van der Waals surface area contributed by atoms with Gasteiger partial charge in [-0.25, -0.2) is 9.97 Å². The van der Waals surface area contributed by atoms with Gasteiger partial charge in [-0.3, -0.25) is 9.78 Å². The van der Waals surface area contributed by atoms with Gasteiger partial charge in [0.25, 0.3) is 0 Å². The number of Topliss-reactive ketones (excluding diaryl/α,β-unsaturated/α-hetero) is 1. The predicted octanol–water partition coefficient (Wildman–Crippen LogP) is 1.75. The quantitative estimate of drug-likeness (QED) is 0.750. The number of ether oxygens (including phenoxy) is 1. The molecular formula is C12H11N3O2. The SMILES string of the molecule is COc1cc(-c2ccc(C(C)=O)nc2)ncn1. The Hall–Kier alpha value is -2.30. The van der Waals surface area contributed by atoms with Gasteiger partial charge in [-0.1, -0.05) is 0 Å². The van der Waals surface area contributed by atoms with Gasteiger partial charge in [0.15, 0.2) is 5.78 Å². The third-order valence-electron chi connectivity index (χ3n) is 2.27. The summed E-state index contributed by atoms with van der Waals surface area (Å²) in [5.74, 6) is 0.433. The van der Waals surface area contributed by atoms with E-state index in [1.807, 2.05) is 0 Å². The van der Waals surface area contributed by atoms with E-state index in [4.69, 9.17) is 4.74 Å². The van der Waals surface area contributed by atoms with Crippen molar-refractivity contribution in [3.63, 3.8) is 0 Å². The standard InChI is InChI=1S/C12H11N3O2/c1-8(16)10-4-3-9(6-13-10)11-5-12(17-2)15-7-14-11/h3-7H,1-2H3. The second-order valence-electron chi connectivity index (χ2n) is 3.43. The van der Waals surface area contributed by atoms with Crippen LogP contribution in [0.2, 0.25) is 0 Å². The molecule has 17 heavy (non-hydrogen) atoms. The molecule has 0 unspecified atom stereocenters. The third-order valence-corrected chi connectivity index (χ3v) is 2.27. The summed E-state index contributed by atoms with van der Waals surface area (Å²) in [7, 11) is 1.54. The maximum absolute atomic E-state index is 11.1. The lowest BCUT2D eigenvalue weighted by Crippen LogP contribution is -1.96. The van der Waals surface area contributed by atoms with Crippen molar-refractivity contribution in [3.8, 4) is 17.1 Å². The van der Waals surface area contributed by atoms with E-state index in [1.54, 1.807) is 31.5 Å². The van der Waals surface area contributed by atoms with Crippen molar-refractivity contribution in [1.29, 1.82) is 0 Å². The molecule has 0 radical (unpaired) electrons. The zero-order chi connectivity index (χ0) is 12.3. The van der Waals surface area contributed by atoms with Gasteiger partial charge in [0.05, 0.1) is 12.8 Å². The normalized spacial score (nSPS) is 10.0. The van der Waals surface area contributed by atoms with E-state index in [9.17, 15) is 4.79 Å². The van der Waals surface area contributed by atoms with E-state index in [-0.39, 0.29) is 5.78 Å². The Morgan fingerprint density at radius 2 is 2.06 bits per heavy atom. The third kappa shape index (κ3) is 2.44. The fraction of sp³-hybridized carbons (Fsp3) is 0.167. The van der Waals surface area contributed by atoms with Crippen molar-refractivity contribution in [3.05, 3.63) is 36.4 Å². The Morgan fingerprint density at radius 3 is 2.65 bits per heavy atom. The van der Waals surface area contributed by atoms with Crippen molar-refractivity contribution >= 4 is 5.78 Å². The summed E-state index contributed by atoms with van der Waals surface area (Å²) in [5.41, 5.74) is 1.96. The number of carbonyl (C=O) groups is 1. The van der Waals surface area contributed by atoms with Gasteiger partial charge in [-0.05, 0) is 12.1 Å². The number of pyridine rings is 1. The largest absolute Gasteiger partial charge is 0.481 e. The zero-order valence-electron chi connectivity index (χ0n) is 9.54. The van der Waals surface area contributed by atoms with Crippen LogP contribution in [0, 0.1) is 0 Å². The molecule has 2 aromatic rings. The lowest BCUT2D eigenvalue weighted by molar-refractivity contribution is 0.101. The van der Waals surface area contributed by atoms with E-state index in [0.717, 1.165) is 5.56 Å². The minimum absolute atomic E-state index is 0.0585. The van der Waals surface area contributed by atoms with Gasteiger partial charge in [-0.2, -0.15) is 0 Å². The molecule has 5 heteroatoms. The molecule has 0 bridgehead atoms. The van der Waals surface area contributed by atoms with Crippen LogP contribution in [-0.4, -0.2) is 27.8 Å². The van der Waals surface area contributed by atoms with E-state index < -0.39 is 0 Å². The molecule has 0 spiro atoms. The minimum atomic E-state index is -0.0585. The molecule has 0 aliphatic rings. The molecule has 2 aromatic heterocycles. The smallest absolute Gasteiger partial charge is 0.216 e. The van der Waals surface area contributed by atoms with Crippen LogP contribution in [0.5, 0.6) is 5.88 Å². The van der Waals surface area contributed by atoms with Crippen LogP contribution in [0.25, 0.3) is 11.3 Å². The van der Waals surface area contributed by atoms with Gasteiger partial charge in [-0.15, -0.1) is 0 Å². The van der Waals surface area contributed by atoms with E-state index >= 15 is 0 Å². The first kappa shape index (κ1) is 11.2. The lowest BCUT2D eigenvalue weighted by atomic mass is 10.1. The van der Waals surface area contributed by atoms with Crippen molar-refractivity contribution in [2.75, 3.05) is 7.11 Å². The number of carbonyl (C=O) groups excluding carboxylic acids is 1. The highest BCUT2D eigenvalue weighted by Gasteiger charge is 2.04. The Kier molecular flexibility index (Phi) is 3.09. The molecule has 0 saturated heterocycles. The molecule has 5 nitrogen and oxygen atoms in total. The molecule has 86 valence electrons.